The summed E-state index contributed by atoms with van der Waals surface area (Å²) in [5, 5.41) is 0. The number of nitrogens with zero attached hydrogens (tertiary/aromatic N) is 1. The van der Waals surface area contributed by atoms with Gasteiger partial charge in [-0.15, -0.1) is 0 Å². The SMILES string of the molecule is CCC(C[N+](C)(C)C)OP(=O)(O)O. The predicted octanol–water partition coefficient (Wildman–Crippen LogP) is 0.580. The van der Waals surface area contributed by atoms with Crippen molar-refractivity contribution < 1.29 is 23.4 Å². The lowest BCUT2D eigenvalue weighted by molar-refractivity contribution is -0.873. The van der Waals surface area contributed by atoms with E-state index in [0.29, 0.717) is 17.4 Å². The van der Waals surface area contributed by atoms with Gasteiger partial charge in [-0.3, -0.25) is 4.52 Å². The molecule has 0 fully saturated rings. The van der Waals surface area contributed by atoms with Gasteiger partial charge in [-0.05, 0) is 6.42 Å². The highest BCUT2D eigenvalue weighted by Crippen LogP contribution is 2.38. The van der Waals surface area contributed by atoms with E-state index in [2.05, 4.69) is 4.52 Å². The van der Waals surface area contributed by atoms with E-state index in [0.717, 1.165) is 0 Å². The Labute approximate surface area is 79.2 Å². The fraction of sp³-hybridized carbons (Fsp3) is 1.00. The molecule has 5 nitrogen and oxygen atoms in total. The third-order valence-electron chi connectivity index (χ3n) is 1.49. The molecule has 0 aromatic rings. The smallest absolute Gasteiger partial charge is 0.329 e. The molecule has 80 valence electrons. The van der Waals surface area contributed by atoms with Crippen LogP contribution in [0, 0.1) is 0 Å². The zero-order valence-electron chi connectivity index (χ0n) is 8.60. The van der Waals surface area contributed by atoms with E-state index in [-0.39, 0.29) is 6.10 Å². The van der Waals surface area contributed by atoms with Crippen LogP contribution >= 0.6 is 7.82 Å². The Kier molecular flexibility index (Phi) is 4.55. The second kappa shape index (κ2) is 4.53. The molecule has 1 atom stereocenters. The van der Waals surface area contributed by atoms with E-state index < -0.39 is 7.82 Å². The van der Waals surface area contributed by atoms with Crippen LogP contribution in [0.4, 0.5) is 0 Å². The molecule has 0 spiro atoms. The minimum absolute atomic E-state index is 0.388. The molecule has 0 aromatic heterocycles. The molecule has 6 heteroatoms. The van der Waals surface area contributed by atoms with E-state index >= 15 is 0 Å². The molecule has 0 rings (SSSR count). The molecule has 1 unspecified atom stereocenters. The Hall–Kier alpha value is 0.0700. The normalized spacial score (nSPS) is 15.8. The monoisotopic (exact) mass is 212 g/mol. The fourth-order valence-electron chi connectivity index (χ4n) is 1.04. The third kappa shape index (κ3) is 8.40. The summed E-state index contributed by atoms with van der Waals surface area (Å²) in [6.07, 6.45) is 0.210. The molecular formula is C7H19NO4P+. The van der Waals surface area contributed by atoms with Crippen molar-refractivity contribution in [3.8, 4) is 0 Å². The summed E-state index contributed by atoms with van der Waals surface area (Å²) in [4.78, 5) is 17.2. The van der Waals surface area contributed by atoms with Crippen LogP contribution in [-0.2, 0) is 9.09 Å². The van der Waals surface area contributed by atoms with Gasteiger partial charge in [-0.1, -0.05) is 6.92 Å². The highest BCUT2D eigenvalue weighted by Gasteiger charge is 2.25. The zero-order valence-corrected chi connectivity index (χ0v) is 9.49. The van der Waals surface area contributed by atoms with E-state index in [1.807, 2.05) is 28.1 Å². The Morgan fingerprint density at radius 3 is 2.08 bits per heavy atom. The number of rotatable bonds is 5. The van der Waals surface area contributed by atoms with Gasteiger partial charge in [-0.25, -0.2) is 4.57 Å². The minimum atomic E-state index is -4.33. The number of hydrogen-bond donors (Lipinski definition) is 2. The van der Waals surface area contributed by atoms with Gasteiger partial charge >= 0.3 is 7.82 Å². The van der Waals surface area contributed by atoms with E-state index in [1.54, 1.807) is 0 Å². The summed E-state index contributed by atoms with van der Waals surface area (Å²) < 4.78 is 15.8. The van der Waals surface area contributed by atoms with Gasteiger partial charge in [0.15, 0.2) is 0 Å². The summed E-state index contributed by atoms with van der Waals surface area (Å²) in [6, 6.07) is 0. The maximum atomic E-state index is 10.6. The molecule has 0 aromatic carbocycles. The summed E-state index contributed by atoms with van der Waals surface area (Å²) >= 11 is 0. The summed E-state index contributed by atoms with van der Waals surface area (Å²) in [7, 11) is 1.52. The fourth-order valence-corrected chi connectivity index (χ4v) is 1.65. The maximum absolute atomic E-state index is 10.6. The molecule has 0 saturated carbocycles. The van der Waals surface area contributed by atoms with Crippen molar-refractivity contribution in [1.29, 1.82) is 0 Å². The first-order valence-electron chi connectivity index (χ1n) is 4.18. The van der Waals surface area contributed by atoms with Crippen molar-refractivity contribution in [1.82, 2.24) is 0 Å². The third-order valence-corrected chi connectivity index (χ3v) is 2.07. The quantitative estimate of drug-likeness (QED) is 0.516. The lowest BCUT2D eigenvalue weighted by Gasteiger charge is -2.28. The van der Waals surface area contributed by atoms with Crippen molar-refractivity contribution in [2.24, 2.45) is 0 Å². The van der Waals surface area contributed by atoms with Gasteiger partial charge in [0.25, 0.3) is 0 Å². The number of phosphoric acid groups is 1. The molecule has 13 heavy (non-hydrogen) atoms. The van der Waals surface area contributed by atoms with E-state index in [9.17, 15) is 4.57 Å². The van der Waals surface area contributed by atoms with Crippen molar-refractivity contribution in [2.45, 2.75) is 19.4 Å². The first kappa shape index (κ1) is 13.1. The summed E-state index contributed by atoms with van der Waals surface area (Å²) in [5.41, 5.74) is 0. The molecule has 0 heterocycles. The van der Waals surface area contributed by atoms with E-state index in [1.165, 1.54) is 0 Å². The van der Waals surface area contributed by atoms with Crippen LogP contribution in [0.3, 0.4) is 0 Å². The Bertz CT molecular complexity index is 195. The molecule has 0 bridgehead atoms. The summed E-state index contributed by atoms with van der Waals surface area (Å²) in [5.74, 6) is 0. The Morgan fingerprint density at radius 2 is 1.85 bits per heavy atom. The van der Waals surface area contributed by atoms with Gasteiger partial charge in [-0.2, -0.15) is 0 Å². The first-order chi connectivity index (χ1) is 5.64. The van der Waals surface area contributed by atoms with Crippen LogP contribution in [0.5, 0.6) is 0 Å². The van der Waals surface area contributed by atoms with Crippen LogP contribution < -0.4 is 0 Å². The van der Waals surface area contributed by atoms with Crippen LogP contribution in [-0.4, -0.2) is 48.1 Å². The number of phosphoric ester groups is 1. The maximum Gasteiger partial charge on any atom is 0.470 e. The topological polar surface area (TPSA) is 66.8 Å². The Balaban J connectivity index is 4.13. The van der Waals surface area contributed by atoms with Crippen LogP contribution in [0.1, 0.15) is 13.3 Å². The number of hydrogen-bond acceptors (Lipinski definition) is 2. The molecule has 0 radical (unpaired) electrons. The highest BCUT2D eigenvalue weighted by atomic mass is 31.2. The van der Waals surface area contributed by atoms with Gasteiger partial charge < -0.3 is 14.3 Å². The Morgan fingerprint density at radius 1 is 1.38 bits per heavy atom. The van der Waals surface area contributed by atoms with E-state index in [4.69, 9.17) is 9.79 Å². The largest absolute Gasteiger partial charge is 0.470 e. The molecule has 2 N–H and O–H groups in total. The summed E-state index contributed by atoms with van der Waals surface area (Å²) in [6.45, 7) is 2.43. The molecule has 0 aliphatic rings. The lowest BCUT2D eigenvalue weighted by Crippen LogP contribution is -2.41. The standard InChI is InChI=1S/C7H18NO4P/c1-5-7(6-8(2,3)4)12-13(9,10)11/h7H,5-6H2,1-4H3,(H-,9,10,11)/p+1. The van der Waals surface area contributed by atoms with Gasteiger partial charge in [0.05, 0.1) is 21.1 Å². The molecule has 0 amide bonds. The van der Waals surface area contributed by atoms with Crippen molar-refractivity contribution in [2.75, 3.05) is 27.7 Å². The van der Waals surface area contributed by atoms with Gasteiger partial charge in [0.1, 0.15) is 12.6 Å². The highest BCUT2D eigenvalue weighted by molar-refractivity contribution is 7.46. The molecule has 0 aliphatic heterocycles. The molecular weight excluding hydrogens is 193 g/mol. The van der Waals surface area contributed by atoms with Gasteiger partial charge in [0.2, 0.25) is 0 Å². The number of quaternary nitrogens is 1. The first-order valence-corrected chi connectivity index (χ1v) is 5.71. The van der Waals surface area contributed by atoms with Crippen LogP contribution in [0.15, 0.2) is 0 Å². The second-order valence-corrected chi connectivity index (χ2v) is 5.29. The van der Waals surface area contributed by atoms with Crippen LogP contribution in [0.2, 0.25) is 0 Å². The predicted molar refractivity (Wildman–Crippen MR) is 50.1 cm³/mol. The van der Waals surface area contributed by atoms with Gasteiger partial charge in [0, 0.05) is 0 Å². The zero-order chi connectivity index (χ0) is 10.7. The minimum Gasteiger partial charge on any atom is -0.329 e. The van der Waals surface area contributed by atoms with Crippen molar-refractivity contribution >= 4 is 7.82 Å². The lowest BCUT2D eigenvalue weighted by atomic mass is 10.2. The van der Waals surface area contributed by atoms with Crippen molar-refractivity contribution in [3.05, 3.63) is 0 Å². The van der Waals surface area contributed by atoms with Crippen LogP contribution in [0.25, 0.3) is 0 Å². The average Bonchev–Trinajstić information content (AvgIpc) is 1.79. The average molecular weight is 212 g/mol. The molecule has 0 aliphatic carbocycles. The second-order valence-electron chi connectivity index (χ2n) is 4.10. The van der Waals surface area contributed by atoms with Crippen molar-refractivity contribution in [3.63, 3.8) is 0 Å². The molecule has 0 saturated heterocycles. The number of likely N-dealkylation sites (N-methyl/N-ethyl adjacent to an activating group) is 1.